The van der Waals surface area contributed by atoms with Gasteiger partial charge in [0, 0.05) is 17.7 Å². The van der Waals surface area contributed by atoms with Crippen LogP contribution in [0.15, 0.2) is 64.7 Å². The number of nitrogens with one attached hydrogen (secondary N) is 1. The number of aliphatic carboxylic acids is 1. The van der Waals surface area contributed by atoms with Gasteiger partial charge in [-0.15, -0.1) is 0 Å². The first-order valence-electron chi connectivity index (χ1n) is 10.6. The van der Waals surface area contributed by atoms with Crippen molar-refractivity contribution in [1.29, 1.82) is 0 Å². The van der Waals surface area contributed by atoms with Crippen molar-refractivity contribution in [3.8, 4) is 17.2 Å². The third kappa shape index (κ3) is 6.99. The number of carbonyl (C=O) groups is 1. The summed E-state index contributed by atoms with van der Waals surface area (Å²) in [4.78, 5) is 21.0. The summed E-state index contributed by atoms with van der Waals surface area (Å²) < 4.78 is 11.7. The van der Waals surface area contributed by atoms with E-state index in [1.807, 2.05) is 68.4 Å². The lowest BCUT2D eigenvalue weighted by Gasteiger charge is -2.10. The number of hydrogen-bond donors (Lipinski definition) is 2. The van der Waals surface area contributed by atoms with E-state index in [4.69, 9.17) is 19.1 Å². The van der Waals surface area contributed by atoms with Gasteiger partial charge in [-0.2, -0.15) is 0 Å². The Balaban J connectivity index is 1.61. The monoisotopic (exact) mass is 436 g/mol. The van der Waals surface area contributed by atoms with Crippen molar-refractivity contribution in [3.63, 3.8) is 0 Å². The standard InChI is InChI=1S/C25H28N2O5/c1-3-13-31-27-21(17-24(28)29)15-19-8-7-11-22(16-19)30-14-12-23-18(2)32-25(26-23)20-9-5-4-6-10-20/h4-11,15-16,27H,3,12-14,17H2,1-2H3,(H,28,29). The number of benzene rings is 2. The van der Waals surface area contributed by atoms with Crippen molar-refractivity contribution in [3.05, 3.63) is 77.3 Å². The molecule has 168 valence electrons. The molecule has 0 amide bonds. The topological polar surface area (TPSA) is 93.8 Å². The fraction of sp³-hybridized carbons (Fsp3) is 0.280. The van der Waals surface area contributed by atoms with Crippen LogP contribution in [0.4, 0.5) is 0 Å². The van der Waals surface area contributed by atoms with Gasteiger partial charge in [0.05, 0.1) is 25.3 Å². The van der Waals surface area contributed by atoms with Gasteiger partial charge in [0.25, 0.3) is 0 Å². The van der Waals surface area contributed by atoms with E-state index >= 15 is 0 Å². The van der Waals surface area contributed by atoms with E-state index in [0.29, 0.717) is 37.0 Å². The van der Waals surface area contributed by atoms with E-state index in [0.717, 1.165) is 29.0 Å². The molecule has 2 N–H and O–H groups in total. The van der Waals surface area contributed by atoms with Gasteiger partial charge < -0.3 is 14.3 Å². The Morgan fingerprint density at radius 3 is 2.72 bits per heavy atom. The van der Waals surface area contributed by atoms with Crippen LogP contribution in [0.2, 0.25) is 0 Å². The number of hydrogen-bond acceptors (Lipinski definition) is 6. The summed E-state index contributed by atoms with van der Waals surface area (Å²) in [7, 11) is 0. The second-order valence-corrected chi connectivity index (χ2v) is 7.25. The van der Waals surface area contributed by atoms with Crippen LogP contribution < -0.4 is 10.2 Å². The minimum atomic E-state index is -0.936. The number of ether oxygens (including phenoxy) is 1. The lowest BCUT2D eigenvalue weighted by molar-refractivity contribution is -0.136. The smallest absolute Gasteiger partial charge is 0.309 e. The summed E-state index contributed by atoms with van der Waals surface area (Å²) in [5, 5.41) is 9.12. The van der Waals surface area contributed by atoms with Crippen LogP contribution in [0.1, 0.15) is 36.8 Å². The Kier molecular flexibility index (Phi) is 8.45. The van der Waals surface area contributed by atoms with E-state index in [1.165, 1.54) is 0 Å². The zero-order chi connectivity index (χ0) is 22.8. The number of oxazole rings is 1. The maximum absolute atomic E-state index is 11.1. The molecule has 1 aromatic heterocycles. The summed E-state index contributed by atoms with van der Waals surface area (Å²) in [6.45, 7) is 4.81. The minimum Gasteiger partial charge on any atom is -0.493 e. The molecule has 7 nitrogen and oxygen atoms in total. The highest BCUT2D eigenvalue weighted by atomic mass is 16.6. The van der Waals surface area contributed by atoms with Gasteiger partial charge in [0.1, 0.15) is 11.5 Å². The zero-order valence-corrected chi connectivity index (χ0v) is 18.3. The number of nitrogens with zero attached hydrogens (tertiary/aromatic N) is 1. The molecule has 0 saturated heterocycles. The molecule has 0 aliphatic heterocycles. The Bertz CT molecular complexity index is 1040. The van der Waals surface area contributed by atoms with E-state index < -0.39 is 5.97 Å². The molecule has 0 saturated carbocycles. The summed E-state index contributed by atoms with van der Waals surface area (Å²) in [6.07, 6.45) is 3.02. The van der Waals surface area contributed by atoms with Crippen LogP contribution in [0.3, 0.4) is 0 Å². The maximum atomic E-state index is 11.1. The molecule has 0 radical (unpaired) electrons. The lowest BCUT2D eigenvalue weighted by atomic mass is 10.1. The normalized spacial score (nSPS) is 11.4. The molecule has 3 aromatic rings. The number of carboxylic acids is 1. The molecule has 2 aromatic carbocycles. The Hall–Kier alpha value is -3.58. The SMILES string of the molecule is CCCONC(=Cc1cccc(OCCc2nc(-c3ccccc3)oc2C)c1)CC(=O)O. The molecule has 1 heterocycles. The van der Waals surface area contributed by atoms with Crippen LogP contribution in [0, 0.1) is 6.92 Å². The Morgan fingerprint density at radius 1 is 1.16 bits per heavy atom. The van der Waals surface area contributed by atoms with Crippen LogP contribution in [-0.2, 0) is 16.1 Å². The molecule has 7 heteroatoms. The largest absolute Gasteiger partial charge is 0.493 e. The number of carboxylic acid groups (broad SMARTS) is 1. The predicted octanol–water partition coefficient (Wildman–Crippen LogP) is 5.02. The summed E-state index contributed by atoms with van der Waals surface area (Å²) in [6, 6.07) is 17.2. The van der Waals surface area contributed by atoms with Gasteiger partial charge in [-0.25, -0.2) is 4.98 Å². The third-order valence-corrected chi connectivity index (χ3v) is 4.57. The van der Waals surface area contributed by atoms with Crippen molar-refractivity contribution in [2.75, 3.05) is 13.2 Å². The molecule has 0 bridgehead atoms. The molecule has 0 fully saturated rings. The Labute approximate surface area is 187 Å². The molecule has 0 aliphatic rings. The molecule has 3 rings (SSSR count). The molecular formula is C25H28N2O5. The Morgan fingerprint density at radius 2 is 1.97 bits per heavy atom. The molecule has 0 spiro atoms. The quantitative estimate of drug-likeness (QED) is 0.304. The second kappa shape index (κ2) is 11.7. The molecule has 0 unspecified atom stereocenters. The van der Waals surface area contributed by atoms with Crippen molar-refractivity contribution < 1.29 is 23.9 Å². The van der Waals surface area contributed by atoms with Crippen molar-refractivity contribution in [2.45, 2.75) is 33.1 Å². The number of hydroxylamine groups is 1. The fourth-order valence-electron chi connectivity index (χ4n) is 3.05. The zero-order valence-electron chi connectivity index (χ0n) is 18.3. The fourth-order valence-corrected chi connectivity index (χ4v) is 3.05. The number of rotatable bonds is 12. The molecular weight excluding hydrogens is 408 g/mol. The first kappa shape index (κ1) is 23.1. The van der Waals surface area contributed by atoms with Gasteiger partial charge in [-0.3, -0.25) is 15.1 Å². The van der Waals surface area contributed by atoms with Crippen LogP contribution >= 0.6 is 0 Å². The highest BCUT2D eigenvalue weighted by Crippen LogP contribution is 2.22. The summed E-state index contributed by atoms with van der Waals surface area (Å²) >= 11 is 0. The van der Waals surface area contributed by atoms with Gasteiger partial charge in [-0.05, 0) is 49.2 Å². The highest BCUT2D eigenvalue weighted by molar-refractivity contribution is 5.72. The first-order chi connectivity index (χ1) is 15.5. The van der Waals surface area contributed by atoms with Gasteiger partial charge in [0.15, 0.2) is 0 Å². The van der Waals surface area contributed by atoms with E-state index in [9.17, 15) is 4.79 Å². The highest BCUT2D eigenvalue weighted by Gasteiger charge is 2.11. The average molecular weight is 437 g/mol. The van der Waals surface area contributed by atoms with Gasteiger partial charge in [0.2, 0.25) is 5.89 Å². The summed E-state index contributed by atoms with van der Waals surface area (Å²) in [5.41, 5.74) is 5.81. The van der Waals surface area contributed by atoms with Gasteiger partial charge in [-0.1, -0.05) is 37.3 Å². The van der Waals surface area contributed by atoms with Crippen LogP contribution in [-0.4, -0.2) is 29.3 Å². The van der Waals surface area contributed by atoms with Crippen molar-refractivity contribution >= 4 is 12.0 Å². The second-order valence-electron chi connectivity index (χ2n) is 7.25. The average Bonchev–Trinajstić information content (AvgIpc) is 3.15. The maximum Gasteiger partial charge on any atom is 0.309 e. The van der Waals surface area contributed by atoms with E-state index in [2.05, 4.69) is 10.5 Å². The molecule has 0 atom stereocenters. The number of aromatic nitrogens is 1. The van der Waals surface area contributed by atoms with E-state index in [-0.39, 0.29) is 6.42 Å². The number of aryl methyl sites for hydroxylation is 1. The van der Waals surface area contributed by atoms with Crippen molar-refractivity contribution in [2.24, 2.45) is 0 Å². The van der Waals surface area contributed by atoms with Gasteiger partial charge >= 0.3 is 5.97 Å². The third-order valence-electron chi connectivity index (χ3n) is 4.57. The van der Waals surface area contributed by atoms with Crippen LogP contribution in [0.5, 0.6) is 5.75 Å². The first-order valence-corrected chi connectivity index (χ1v) is 10.6. The molecule has 0 aliphatic carbocycles. The predicted molar refractivity (Wildman–Crippen MR) is 122 cm³/mol. The lowest BCUT2D eigenvalue weighted by Crippen LogP contribution is -2.17. The van der Waals surface area contributed by atoms with Crippen LogP contribution in [0.25, 0.3) is 17.5 Å². The minimum absolute atomic E-state index is 0.163. The van der Waals surface area contributed by atoms with E-state index in [1.54, 1.807) is 6.08 Å². The van der Waals surface area contributed by atoms with Crippen molar-refractivity contribution in [1.82, 2.24) is 10.5 Å². The summed E-state index contributed by atoms with van der Waals surface area (Å²) in [5.74, 6) is 1.14. The molecule has 32 heavy (non-hydrogen) atoms.